The minimum absolute atomic E-state index is 0.178. The van der Waals surface area contributed by atoms with E-state index in [1.54, 1.807) is 5.98 Å². The summed E-state index contributed by atoms with van der Waals surface area (Å²) in [6.07, 6.45) is 2.54. The number of nitro groups is 1. The van der Waals surface area contributed by atoms with Gasteiger partial charge in [-0.05, 0) is 27.7 Å². The minimum Gasteiger partial charge on any atom is -0.400 e. The van der Waals surface area contributed by atoms with Crippen molar-refractivity contribution in [2.24, 2.45) is 0 Å². The fraction of sp³-hybridized carbons (Fsp3) is 0.462. The lowest BCUT2D eigenvalue weighted by molar-refractivity contribution is -0.385. The molecule has 7 nitrogen and oxygen atoms in total. The van der Waals surface area contributed by atoms with Gasteiger partial charge in [-0.1, -0.05) is 12.1 Å². The molecule has 0 aliphatic carbocycles. The van der Waals surface area contributed by atoms with Crippen molar-refractivity contribution in [3.8, 4) is 0 Å². The maximum Gasteiger partial charge on any atom is 0.487 e. The molecule has 0 atom stereocenters. The second-order valence-electron chi connectivity index (χ2n) is 5.88. The van der Waals surface area contributed by atoms with E-state index in [0.717, 1.165) is 6.20 Å². The van der Waals surface area contributed by atoms with Gasteiger partial charge in [-0.25, -0.2) is 0 Å². The third-order valence-electron chi connectivity index (χ3n) is 3.83. The SMILES string of the molecule is CC1(C)OB(/C=C/c2cc(=O)[nH]cc2[N+](=O)[O-])OC1(C)C. The molecule has 1 aromatic rings. The summed E-state index contributed by atoms with van der Waals surface area (Å²) in [7, 11) is -0.617. The molecule has 1 aliphatic heterocycles. The third-order valence-corrected chi connectivity index (χ3v) is 3.83. The number of hydrogen-bond acceptors (Lipinski definition) is 5. The van der Waals surface area contributed by atoms with Gasteiger partial charge in [0.15, 0.2) is 0 Å². The molecule has 2 rings (SSSR count). The molecule has 0 radical (unpaired) electrons. The van der Waals surface area contributed by atoms with E-state index in [9.17, 15) is 14.9 Å². The molecule has 0 spiro atoms. The van der Waals surface area contributed by atoms with Crippen LogP contribution in [0.2, 0.25) is 0 Å². The number of rotatable bonds is 3. The van der Waals surface area contributed by atoms with Crippen molar-refractivity contribution in [1.82, 2.24) is 4.98 Å². The number of aromatic nitrogens is 1. The molecule has 0 unspecified atom stereocenters. The lowest BCUT2D eigenvalue weighted by Gasteiger charge is -2.32. The van der Waals surface area contributed by atoms with Crippen LogP contribution in [-0.4, -0.2) is 28.2 Å². The largest absolute Gasteiger partial charge is 0.487 e. The predicted molar refractivity (Wildman–Crippen MR) is 78.8 cm³/mol. The fourth-order valence-corrected chi connectivity index (χ4v) is 1.92. The van der Waals surface area contributed by atoms with Gasteiger partial charge in [0.2, 0.25) is 5.56 Å². The number of pyridine rings is 1. The zero-order valence-electron chi connectivity index (χ0n) is 12.4. The predicted octanol–water partition coefficient (Wildman–Crippen LogP) is 1.93. The van der Waals surface area contributed by atoms with Gasteiger partial charge in [0.05, 0.1) is 27.9 Å². The van der Waals surface area contributed by atoms with E-state index in [1.807, 2.05) is 27.7 Å². The first-order valence-electron chi connectivity index (χ1n) is 6.53. The van der Waals surface area contributed by atoms with Crippen molar-refractivity contribution in [3.05, 3.63) is 44.3 Å². The Morgan fingerprint density at radius 2 is 1.86 bits per heavy atom. The van der Waals surface area contributed by atoms with Crippen LogP contribution in [0.15, 0.2) is 23.0 Å². The minimum atomic E-state index is -0.617. The van der Waals surface area contributed by atoms with Gasteiger partial charge < -0.3 is 14.3 Å². The maximum atomic E-state index is 11.3. The van der Waals surface area contributed by atoms with Crippen LogP contribution in [0.3, 0.4) is 0 Å². The Labute approximate surface area is 122 Å². The molecule has 8 heteroatoms. The second kappa shape index (κ2) is 5.12. The van der Waals surface area contributed by atoms with Gasteiger partial charge in [0, 0.05) is 6.07 Å². The Morgan fingerprint density at radius 1 is 1.29 bits per heavy atom. The van der Waals surface area contributed by atoms with Crippen LogP contribution in [0.25, 0.3) is 6.08 Å². The summed E-state index contributed by atoms with van der Waals surface area (Å²) in [5, 5.41) is 10.9. The molecule has 0 saturated carbocycles. The van der Waals surface area contributed by atoms with E-state index < -0.39 is 28.8 Å². The lowest BCUT2D eigenvalue weighted by Crippen LogP contribution is -2.41. The number of aromatic amines is 1. The standard InChI is InChI=1S/C13H17BN2O5/c1-12(2)13(3,4)21-14(20-12)6-5-9-7-11(17)15-8-10(9)16(18)19/h5-8H,1-4H3,(H,15,17)/b6-5+. The van der Waals surface area contributed by atoms with Gasteiger partial charge in [0.25, 0.3) is 5.69 Å². The molecule has 2 heterocycles. The fourth-order valence-electron chi connectivity index (χ4n) is 1.92. The molecule has 0 aromatic carbocycles. The summed E-state index contributed by atoms with van der Waals surface area (Å²) in [6, 6.07) is 1.17. The highest BCUT2D eigenvalue weighted by atomic mass is 16.7. The van der Waals surface area contributed by atoms with Crippen LogP contribution < -0.4 is 5.56 Å². The zero-order valence-corrected chi connectivity index (χ0v) is 12.4. The van der Waals surface area contributed by atoms with Crippen molar-refractivity contribution in [3.63, 3.8) is 0 Å². The molecule has 0 amide bonds. The Hall–Kier alpha value is -1.93. The monoisotopic (exact) mass is 292 g/mol. The molecule has 0 bridgehead atoms. The van der Waals surface area contributed by atoms with E-state index in [0.29, 0.717) is 0 Å². The van der Waals surface area contributed by atoms with Crippen molar-refractivity contribution in [2.75, 3.05) is 0 Å². The molecule has 1 fully saturated rings. The first-order chi connectivity index (χ1) is 9.62. The van der Waals surface area contributed by atoms with Gasteiger partial charge in [-0.15, -0.1) is 0 Å². The van der Waals surface area contributed by atoms with Gasteiger partial charge in [0.1, 0.15) is 0 Å². The van der Waals surface area contributed by atoms with Crippen LogP contribution in [0.5, 0.6) is 0 Å². The highest BCUT2D eigenvalue weighted by Crippen LogP contribution is 2.37. The lowest BCUT2D eigenvalue weighted by atomic mass is 9.89. The van der Waals surface area contributed by atoms with Crippen molar-refractivity contribution in [1.29, 1.82) is 0 Å². The van der Waals surface area contributed by atoms with Crippen molar-refractivity contribution >= 4 is 18.9 Å². The van der Waals surface area contributed by atoms with Gasteiger partial charge in [-0.2, -0.15) is 0 Å². The summed E-state index contributed by atoms with van der Waals surface area (Å²) in [4.78, 5) is 23.9. The normalized spacial score (nSPS) is 20.1. The van der Waals surface area contributed by atoms with E-state index in [2.05, 4.69) is 4.98 Å². The van der Waals surface area contributed by atoms with E-state index in [-0.39, 0.29) is 11.3 Å². The smallest absolute Gasteiger partial charge is 0.400 e. The molecular formula is C13H17BN2O5. The number of nitrogens with zero attached hydrogens (tertiary/aromatic N) is 1. The van der Waals surface area contributed by atoms with Crippen LogP contribution in [0.4, 0.5) is 5.69 Å². The summed E-state index contributed by atoms with van der Waals surface area (Å²) >= 11 is 0. The number of H-pyrrole nitrogens is 1. The average molecular weight is 292 g/mol. The van der Waals surface area contributed by atoms with Crippen LogP contribution in [0.1, 0.15) is 33.3 Å². The van der Waals surface area contributed by atoms with Gasteiger partial charge >= 0.3 is 7.12 Å². The first-order valence-corrected chi connectivity index (χ1v) is 6.53. The van der Waals surface area contributed by atoms with Crippen LogP contribution in [-0.2, 0) is 9.31 Å². The van der Waals surface area contributed by atoms with Gasteiger partial charge in [-0.3, -0.25) is 14.9 Å². The van der Waals surface area contributed by atoms with Crippen LogP contribution >= 0.6 is 0 Å². The third kappa shape index (κ3) is 3.06. The Kier molecular flexibility index (Phi) is 3.77. The first kappa shape index (κ1) is 15.5. The number of hydrogen-bond donors (Lipinski definition) is 1. The van der Waals surface area contributed by atoms with Crippen molar-refractivity contribution in [2.45, 2.75) is 38.9 Å². The summed E-state index contributed by atoms with van der Waals surface area (Å²) < 4.78 is 11.5. The molecule has 1 saturated heterocycles. The Balaban J connectivity index is 2.26. The molecular weight excluding hydrogens is 275 g/mol. The van der Waals surface area contributed by atoms with E-state index >= 15 is 0 Å². The molecule has 21 heavy (non-hydrogen) atoms. The Bertz CT molecular complexity index is 634. The zero-order chi connectivity index (χ0) is 15.8. The Morgan fingerprint density at radius 3 is 2.38 bits per heavy atom. The second-order valence-corrected chi connectivity index (χ2v) is 5.88. The highest BCUT2D eigenvalue weighted by molar-refractivity contribution is 6.52. The summed E-state index contributed by atoms with van der Waals surface area (Å²) in [6.45, 7) is 7.65. The molecule has 1 aromatic heterocycles. The topological polar surface area (TPSA) is 94.5 Å². The maximum absolute atomic E-state index is 11.3. The molecule has 1 N–H and O–H groups in total. The summed E-state index contributed by atoms with van der Waals surface area (Å²) in [5.74, 6) is 1.57. The van der Waals surface area contributed by atoms with E-state index in [4.69, 9.17) is 9.31 Å². The van der Waals surface area contributed by atoms with Crippen LogP contribution in [0, 0.1) is 10.1 Å². The molecule has 112 valence electrons. The summed E-state index contributed by atoms with van der Waals surface area (Å²) in [5.41, 5.74) is -1.35. The quantitative estimate of drug-likeness (QED) is 0.522. The van der Waals surface area contributed by atoms with Crippen molar-refractivity contribution < 1.29 is 14.2 Å². The average Bonchev–Trinajstić information content (AvgIpc) is 2.55. The highest BCUT2D eigenvalue weighted by Gasteiger charge is 2.50. The molecule has 1 aliphatic rings. The van der Waals surface area contributed by atoms with E-state index in [1.165, 1.54) is 12.1 Å². The number of nitrogens with one attached hydrogen (secondary N) is 1.